The number of anilines is 2. The smallest absolute Gasteiger partial charge is 0.246 e. The van der Waals surface area contributed by atoms with Crippen molar-refractivity contribution in [1.82, 2.24) is 23.7 Å². The van der Waals surface area contributed by atoms with Gasteiger partial charge in [-0.25, -0.2) is 18.8 Å². The Hall–Kier alpha value is -4.39. The van der Waals surface area contributed by atoms with Gasteiger partial charge in [-0.2, -0.15) is 19.7 Å². The van der Waals surface area contributed by atoms with Gasteiger partial charge in [-0.05, 0) is 29.8 Å². The summed E-state index contributed by atoms with van der Waals surface area (Å²) in [5.74, 6) is 1.28. The van der Waals surface area contributed by atoms with Crippen LogP contribution in [0.4, 0.5) is 11.8 Å². The van der Waals surface area contributed by atoms with Crippen molar-refractivity contribution in [3.63, 3.8) is 0 Å². The second-order valence-electron chi connectivity index (χ2n) is 11.7. The summed E-state index contributed by atoms with van der Waals surface area (Å²) >= 11 is 1.69. The molecule has 0 atom stereocenters. The van der Waals surface area contributed by atoms with Gasteiger partial charge in [-0.1, -0.05) is 30.3 Å². The number of hydrogen-bond acceptors (Lipinski definition) is 11. The molecule has 0 bridgehead atoms. The van der Waals surface area contributed by atoms with Gasteiger partial charge in [0.15, 0.2) is 5.82 Å². The van der Waals surface area contributed by atoms with Crippen molar-refractivity contribution >= 4 is 60.5 Å². The Balaban J connectivity index is 1.13. The number of piperazine rings is 1. The molecule has 0 saturated carbocycles. The van der Waals surface area contributed by atoms with Crippen molar-refractivity contribution in [2.45, 2.75) is 13.1 Å². The average molecular weight is 670 g/mol. The van der Waals surface area contributed by atoms with E-state index >= 15 is 0 Å². The maximum atomic E-state index is 11.9. The molecule has 3 aromatic heterocycles. The lowest BCUT2D eigenvalue weighted by Crippen LogP contribution is -2.47. The largest absolute Gasteiger partial charge is 0.378 e. The Morgan fingerprint density at radius 1 is 1.02 bits per heavy atom. The van der Waals surface area contributed by atoms with Gasteiger partial charge in [0.2, 0.25) is 16.0 Å². The van der Waals surface area contributed by atoms with E-state index in [0.29, 0.717) is 57.4 Å². The van der Waals surface area contributed by atoms with Crippen LogP contribution in [-0.4, -0.2) is 97.1 Å². The van der Waals surface area contributed by atoms with Crippen LogP contribution < -0.4 is 10.3 Å². The molecule has 0 unspecified atom stereocenters. The van der Waals surface area contributed by atoms with Crippen LogP contribution >= 0.6 is 11.3 Å². The summed E-state index contributed by atoms with van der Waals surface area (Å²) < 4.78 is 34.2. The zero-order valence-electron chi connectivity index (χ0n) is 26.0. The molecule has 5 heterocycles. The van der Waals surface area contributed by atoms with E-state index in [0.717, 1.165) is 62.6 Å². The van der Waals surface area contributed by atoms with Gasteiger partial charge in [0.05, 0.1) is 47.5 Å². The fraction of sp³-hybridized carbons (Fsp3) is 0.333. The maximum absolute atomic E-state index is 11.9. The summed E-state index contributed by atoms with van der Waals surface area (Å²) in [5, 5.41) is 15.0. The summed E-state index contributed by atoms with van der Waals surface area (Å²) in [7, 11) is -3.17. The van der Waals surface area contributed by atoms with Gasteiger partial charge in [0, 0.05) is 79.9 Å². The highest BCUT2D eigenvalue weighted by molar-refractivity contribution is 7.88. The number of nitrogens with zero attached hydrogens (tertiary/aromatic N) is 8. The summed E-state index contributed by atoms with van der Waals surface area (Å²) in [6.45, 7) is 6.50. The topological polar surface area (TPSA) is 132 Å². The Kier molecular flexibility index (Phi) is 8.89. The molecule has 12 nitrogen and oxygen atoms in total. The van der Waals surface area contributed by atoms with E-state index in [1.165, 1.54) is 6.26 Å². The molecule has 5 aromatic rings. The first-order chi connectivity index (χ1) is 22.8. The van der Waals surface area contributed by atoms with E-state index in [1.807, 2.05) is 36.4 Å². The van der Waals surface area contributed by atoms with Crippen molar-refractivity contribution in [3.8, 4) is 6.07 Å². The molecule has 7 rings (SSSR count). The highest BCUT2D eigenvalue weighted by Crippen LogP contribution is 2.34. The number of fused-ring (bicyclic) bond motifs is 2. The molecular formula is C33H35N9O3S2. The number of rotatable bonds is 9. The molecule has 14 heteroatoms. The van der Waals surface area contributed by atoms with Crippen LogP contribution in [0.15, 0.2) is 65.9 Å². The van der Waals surface area contributed by atoms with Crippen molar-refractivity contribution < 1.29 is 13.2 Å². The molecule has 2 aliphatic rings. The predicted octanol–water partition coefficient (Wildman–Crippen LogP) is 3.93. The molecule has 2 aliphatic heterocycles. The van der Waals surface area contributed by atoms with Gasteiger partial charge in [0.1, 0.15) is 0 Å². The number of sulfonamides is 1. The molecule has 242 valence electrons. The Bertz CT molecular complexity index is 2090. The summed E-state index contributed by atoms with van der Waals surface area (Å²) in [4.78, 5) is 15.4. The molecule has 2 aromatic carbocycles. The first-order valence-electron chi connectivity index (χ1n) is 15.5. The van der Waals surface area contributed by atoms with Gasteiger partial charge < -0.3 is 14.2 Å². The monoisotopic (exact) mass is 669 g/mol. The third-order valence-electron chi connectivity index (χ3n) is 8.49. The fourth-order valence-corrected chi connectivity index (χ4v) is 8.11. The molecule has 2 fully saturated rings. The lowest BCUT2D eigenvalue weighted by atomic mass is 10.1. The van der Waals surface area contributed by atoms with E-state index in [1.54, 1.807) is 21.9 Å². The number of morpholine rings is 1. The standard InChI is InChI=1S/C33H35N9O3S2/c1-47(43,44)42-11-9-39(10-12-42)23-27-18-29-31(46-27)32(40-13-15-45-16-14-40)37-33(36-29)38-35-20-26-22-41(30-8-3-2-7-28(26)30)21-25-6-4-5-24(17-25)19-34/h2-8,17-18,20,22H,9-16,21,23H2,1H3,(H,36,37,38)/b35-20+. The number of nitrogens with one attached hydrogen (secondary N) is 1. The number of nitriles is 1. The van der Waals surface area contributed by atoms with E-state index in [-0.39, 0.29) is 0 Å². The normalized spacial score (nSPS) is 16.7. The molecule has 2 saturated heterocycles. The first kappa shape index (κ1) is 31.2. The molecule has 0 spiro atoms. The third-order valence-corrected chi connectivity index (χ3v) is 10.9. The third kappa shape index (κ3) is 6.99. The van der Waals surface area contributed by atoms with Crippen LogP contribution in [0.1, 0.15) is 21.6 Å². The summed E-state index contributed by atoms with van der Waals surface area (Å²) in [5.41, 5.74) is 7.66. The predicted molar refractivity (Wildman–Crippen MR) is 186 cm³/mol. The minimum Gasteiger partial charge on any atom is -0.378 e. The number of thiophene rings is 1. The number of benzene rings is 2. The molecule has 0 amide bonds. The summed E-state index contributed by atoms with van der Waals surface area (Å²) in [6.07, 6.45) is 5.13. The van der Waals surface area contributed by atoms with Crippen LogP contribution in [0.5, 0.6) is 0 Å². The summed E-state index contributed by atoms with van der Waals surface area (Å²) in [6, 6.07) is 20.2. The highest BCUT2D eigenvalue weighted by Gasteiger charge is 2.25. The van der Waals surface area contributed by atoms with Gasteiger partial charge in [-0.15, -0.1) is 11.3 Å². The number of ether oxygens (including phenoxy) is 1. The Labute approximate surface area is 277 Å². The zero-order chi connectivity index (χ0) is 32.4. The fourth-order valence-electron chi connectivity index (χ4n) is 6.13. The van der Waals surface area contributed by atoms with Crippen LogP contribution in [0.3, 0.4) is 0 Å². The van der Waals surface area contributed by atoms with Crippen molar-refractivity contribution in [1.29, 1.82) is 5.26 Å². The van der Waals surface area contributed by atoms with Gasteiger partial charge >= 0.3 is 0 Å². The van der Waals surface area contributed by atoms with Crippen LogP contribution in [-0.2, 0) is 27.8 Å². The molecule has 1 N–H and O–H groups in total. The van der Waals surface area contributed by atoms with Crippen molar-refractivity contribution in [2.24, 2.45) is 5.10 Å². The molecule has 47 heavy (non-hydrogen) atoms. The quantitative estimate of drug-likeness (QED) is 0.183. The number of para-hydroxylation sites is 1. The lowest BCUT2D eigenvalue weighted by molar-refractivity contribution is 0.122. The lowest BCUT2D eigenvalue weighted by Gasteiger charge is -2.32. The van der Waals surface area contributed by atoms with Crippen LogP contribution in [0, 0.1) is 11.3 Å². The van der Waals surface area contributed by atoms with Gasteiger partial charge in [-0.3, -0.25) is 4.90 Å². The number of hydrazone groups is 1. The van der Waals surface area contributed by atoms with E-state index in [9.17, 15) is 13.7 Å². The first-order valence-corrected chi connectivity index (χ1v) is 18.2. The SMILES string of the molecule is CS(=O)(=O)N1CCN(Cc2cc3nc(N/N=C/c4cn(Cc5cccc(C#N)c5)c5ccccc45)nc(N4CCOCC4)c3s2)CC1. The average Bonchev–Trinajstić information content (AvgIpc) is 3.65. The number of hydrogen-bond donors (Lipinski definition) is 1. The second-order valence-corrected chi connectivity index (χ2v) is 14.9. The minimum atomic E-state index is -3.17. The van der Waals surface area contributed by atoms with Crippen LogP contribution in [0.25, 0.3) is 21.1 Å². The van der Waals surface area contributed by atoms with E-state index in [2.05, 4.69) is 55.4 Å². The maximum Gasteiger partial charge on any atom is 0.246 e. The van der Waals surface area contributed by atoms with Crippen molar-refractivity contribution in [3.05, 3.63) is 82.4 Å². The zero-order valence-corrected chi connectivity index (χ0v) is 27.7. The molecule has 0 radical (unpaired) electrons. The van der Waals surface area contributed by atoms with Crippen molar-refractivity contribution in [2.75, 3.05) is 69.1 Å². The Morgan fingerprint density at radius 3 is 2.62 bits per heavy atom. The van der Waals surface area contributed by atoms with E-state index < -0.39 is 10.0 Å². The molecular weight excluding hydrogens is 635 g/mol. The minimum absolute atomic E-state index is 0.415. The van der Waals surface area contributed by atoms with E-state index in [4.69, 9.17) is 14.7 Å². The Morgan fingerprint density at radius 2 is 1.83 bits per heavy atom. The second kappa shape index (κ2) is 13.4. The number of aromatic nitrogens is 3. The van der Waals surface area contributed by atoms with Gasteiger partial charge in [0.25, 0.3) is 0 Å². The van der Waals surface area contributed by atoms with Crippen LogP contribution in [0.2, 0.25) is 0 Å². The highest BCUT2D eigenvalue weighted by atomic mass is 32.2. The molecule has 0 aliphatic carbocycles.